The van der Waals surface area contributed by atoms with Crippen LogP contribution in [0, 0.1) is 23.7 Å². The number of rotatable bonds is 2. The van der Waals surface area contributed by atoms with E-state index in [2.05, 4.69) is 20.8 Å². The number of hydrogen-bond donors (Lipinski definition) is 1. The fourth-order valence-corrected chi connectivity index (χ4v) is 2.60. The zero-order chi connectivity index (χ0) is 9.14. The number of nitrogens with two attached hydrogens (primary N) is 1. The molecule has 2 N–H and O–H groups in total. The van der Waals surface area contributed by atoms with E-state index in [1.54, 1.807) is 0 Å². The molecule has 0 amide bonds. The molecule has 0 aromatic carbocycles. The van der Waals surface area contributed by atoms with E-state index in [9.17, 15) is 0 Å². The fourth-order valence-electron chi connectivity index (χ4n) is 2.60. The van der Waals surface area contributed by atoms with Gasteiger partial charge < -0.3 is 5.73 Å². The van der Waals surface area contributed by atoms with Gasteiger partial charge in [0.2, 0.25) is 0 Å². The lowest BCUT2D eigenvalue weighted by molar-refractivity contribution is 0.148. The monoisotopic (exact) mass is 169 g/mol. The van der Waals surface area contributed by atoms with Crippen LogP contribution in [0.15, 0.2) is 0 Å². The lowest BCUT2D eigenvalue weighted by Crippen LogP contribution is -2.32. The van der Waals surface area contributed by atoms with Crippen LogP contribution in [0.3, 0.4) is 0 Å². The largest absolute Gasteiger partial charge is 0.330 e. The molecule has 1 heteroatoms. The van der Waals surface area contributed by atoms with Crippen LogP contribution >= 0.6 is 0 Å². The van der Waals surface area contributed by atoms with Crippen LogP contribution in [0.5, 0.6) is 0 Å². The molecule has 1 aliphatic carbocycles. The average molecular weight is 169 g/mol. The second-order valence-corrected chi connectivity index (χ2v) is 4.82. The fraction of sp³-hybridized carbons (Fsp3) is 1.00. The van der Waals surface area contributed by atoms with Crippen molar-refractivity contribution in [2.24, 2.45) is 29.4 Å². The molecule has 0 aromatic rings. The number of hydrogen-bond acceptors (Lipinski definition) is 1. The summed E-state index contributed by atoms with van der Waals surface area (Å²) in [6, 6.07) is 0. The van der Waals surface area contributed by atoms with Crippen LogP contribution in [0.25, 0.3) is 0 Å². The summed E-state index contributed by atoms with van der Waals surface area (Å²) in [6.07, 6.45) is 4.16. The first-order chi connectivity index (χ1) is 5.65. The van der Waals surface area contributed by atoms with Gasteiger partial charge in [0.1, 0.15) is 0 Å². The summed E-state index contributed by atoms with van der Waals surface area (Å²) in [5.74, 6) is 3.45. The predicted molar refractivity (Wildman–Crippen MR) is 53.9 cm³/mol. The highest BCUT2D eigenvalue weighted by Gasteiger charge is 2.29. The Labute approximate surface area is 76.7 Å². The summed E-state index contributed by atoms with van der Waals surface area (Å²) in [5.41, 5.74) is 5.78. The highest BCUT2D eigenvalue weighted by atomic mass is 14.6. The van der Waals surface area contributed by atoms with Crippen molar-refractivity contribution in [1.29, 1.82) is 0 Å². The third kappa shape index (κ3) is 2.22. The van der Waals surface area contributed by atoms with E-state index in [4.69, 9.17) is 5.73 Å². The van der Waals surface area contributed by atoms with E-state index < -0.39 is 0 Å². The van der Waals surface area contributed by atoms with Crippen molar-refractivity contribution in [3.8, 4) is 0 Å². The Morgan fingerprint density at radius 3 is 2.50 bits per heavy atom. The SMILES string of the molecule is CC1CCC(CN)C(C(C)C)C1. The maximum absolute atomic E-state index is 5.78. The van der Waals surface area contributed by atoms with Gasteiger partial charge in [0.05, 0.1) is 0 Å². The molecular formula is C11H23N. The molecule has 1 fully saturated rings. The third-order valence-corrected chi connectivity index (χ3v) is 3.47. The van der Waals surface area contributed by atoms with Crippen LogP contribution in [-0.4, -0.2) is 6.54 Å². The highest BCUT2D eigenvalue weighted by Crippen LogP contribution is 2.37. The van der Waals surface area contributed by atoms with Crippen molar-refractivity contribution in [3.63, 3.8) is 0 Å². The molecule has 0 heterocycles. The minimum Gasteiger partial charge on any atom is -0.330 e. The molecule has 1 saturated carbocycles. The molecule has 1 nitrogen and oxygen atoms in total. The lowest BCUT2D eigenvalue weighted by atomic mass is 9.70. The Morgan fingerprint density at radius 2 is 2.00 bits per heavy atom. The van der Waals surface area contributed by atoms with Gasteiger partial charge in [-0.25, -0.2) is 0 Å². The van der Waals surface area contributed by atoms with Crippen LogP contribution in [0.2, 0.25) is 0 Å². The van der Waals surface area contributed by atoms with Gasteiger partial charge in [0.15, 0.2) is 0 Å². The minimum atomic E-state index is 0.807. The highest BCUT2D eigenvalue weighted by molar-refractivity contribution is 4.80. The lowest BCUT2D eigenvalue weighted by Gasteiger charge is -2.36. The second kappa shape index (κ2) is 4.27. The summed E-state index contributed by atoms with van der Waals surface area (Å²) in [6.45, 7) is 7.95. The molecule has 1 rings (SSSR count). The van der Waals surface area contributed by atoms with Gasteiger partial charge in [-0.1, -0.05) is 27.2 Å². The molecule has 1 aliphatic rings. The first-order valence-corrected chi connectivity index (χ1v) is 5.35. The van der Waals surface area contributed by atoms with Crippen molar-refractivity contribution in [2.75, 3.05) is 6.54 Å². The smallest absolute Gasteiger partial charge is 0.00461 e. The molecule has 0 radical (unpaired) electrons. The summed E-state index contributed by atoms with van der Waals surface area (Å²) < 4.78 is 0. The zero-order valence-corrected chi connectivity index (χ0v) is 8.72. The normalized spacial score (nSPS) is 37.2. The van der Waals surface area contributed by atoms with Crippen LogP contribution in [-0.2, 0) is 0 Å². The predicted octanol–water partition coefficient (Wildman–Crippen LogP) is 2.65. The second-order valence-electron chi connectivity index (χ2n) is 4.82. The van der Waals surface area contributed by atoms with Gasteiger partial charge in [-0.3, -0.25) is 0 Å². The molecule has 0 aliphatic heterocycles. The third-order valence-electron chi connectivity index (χ3n) is 3.47. The Bertz CT molecular complexity index is 131. The minimum absolute atomic E-state index is 0.807. The quantitative estimate of drug-likeness (QED) is 0.675. The molecule has 3 atom stereocenters. The molecule has 0 aromatic heterocycles. The standard InChI is InChI=1S/C11H23N/c1-8(2)11-6-9(3)4-5-10(11)7-12/h8-11H,4-7,12H2,1-3H3. The van der Waals surface area contributed by atoms with Crippen LogP contribution in [0.1, 0.15) is 40.0 Å². The molecule has 0 bridgehead atoms. The van der Waals surface area contributed by atoms with Crippen molar-refractivity contribution >= 4 is 0 Å². The Morgan fingerprint density at radius 1 is 1.33 bits per heavy atom. The van der Waals surface area contributed by atoms with Crippen molar-refractivity contribution in [3.05, 3.63) is 0 Å². The Balaban J connectivity index is 2.52. The molecule has 3 unspecified atom stereocenters. The topological polar surface area (TPSA) is 26.0 Å². The van der Waals surface area contributed by atoms with Crippen molar-refractivity contribution < 1.29 is 0 Å². The van der Waals surface area contributed by atoms with Crippen molar-refractivity contribution in [2.45, 2.75) is 40.0 Å². The summed E-state index contributed by atoms with van der Waals surface area (Å²) in [5, 5.41) is 0. The zero-order valence-electron chi connectivity index (χ0n) is 8.72. The Kier molecular flexibility index (Phi) is 3.57. The molecule has 72 valence electrons. The summed E-state index contributed by atoms with van der Waals surface area (Å²) >= 11 is 0. The van der Waals surface area contributed by atoms with Crippen molar-refractivity contribution in [1.82, 2.24) is 0 Å². The van der Waals surface area contributed by atoms with E-state index in [1.807, 2.05) is 0 Å². The average Bonchev–Trinajstić information content (AvgIpc) is 2.04. The van der Waals surface area contributed by atoms with Gasteiger partial charge >= 0.3 is 0 Å². The van der Waals surface area contributed by atoms with E-state index in [-0.39, 0.29) is 0 Å². The van der Waals surface area contributed by atoms with Gasteiger partial charge in [0, 0.05) is 0 Å². The van der Waals surface area contributed by atoms with E-state index in [1.165, 1.54) is 19.3 Å². The molecule has 0 saturated heterocycles. The van der Waals surface area contributed by atoms with Crippen LogP contribution in [0.4, 0.5) is 0 Å². The summed E-state index contributed by atoms with van der Waals surface area (Å²) in [4.78, 5) is 0. The van der Waals surface area contributed by atoms with E-state index >= 15 is 0 Å². The Hall–Kier alpha value is -0.0400. The van der Waals surface area contributed by atoms with E-state index in [0.29, 0.717) is 0 Å². The first-order valence-electron chi connectivity index (χ1n) is 5.35. The molecule has 0 spiro atoms. The van der Waals surface area contributed by atoms with Crippen LogP contribution < -0.4 is 5.73 Å². The first kappa shape index (κ1) is 10.0. The maximum Gasteiger partial charge on any atom is -0.00461 e. The van der Waals surface area contributed by atoms with Gasteiger partial charge in [0.25, 0.3) is 0 Å². The van der Waals surface area contributed by atoms with Gasteiger partial charge in [-0.2, -0.15) is 0 Å². The molecular weight excluding hydrogens is 146 g/mol. The van der Waals surface area contributed by atoms with Gasteiger partial charge in [-0.15, -0.1) is 0 Å². The van der Waals surface area contributed by atoms with E-state index in [0.717, 1.165) is 30.2 Å². The maximum atomic E-state index is 5.78. The molecule has 12 heavy (non-hydrogen) atoms. The summed E-state index contributed by atoms with van der Waals surface area (Å²) in [7, 11) is 0. The van der Waals surface area contributed by atoms with Gasteiger partial charge in [-0.05, 0) is 43.1 Å².